The standard InChI is InChI=1S/C19H30N2.2ClH/c1-7-8-18(21-11-9-20-10-12-21)19-16(5)14(3)13(2)15(4)17(19)6;;/h7,18,20H,1,8-12H2,2-6H3;2*1H/t18-;;/m0../s1. The molecule has 0 amide bonds. The van der Waals surface area contributed by atoms with Crippen molar-refractivity contribution in [2.75, 3.05) is 26.2 Å². The van der Waals surface area contributed by atoms with Gasteiger partial charge < -0.3 is 5.32 Å². The lowest BCUT2D eigenvalue weighted by Crippen LogP contribution is -2.45. The average molecular weight is 359 g/mol. The third-order valence-corrected chi connectivity index (χ3v) is 5.37. The molecule has 0 radical (unpaired) electrons. The molecule has 4 heteroatoms. The Labute approximate surface area is 154 Å². The fourth-order valence-electron chi connectivity index (χ4n) is 3.63. The van der Waals surface area contributed by atoms with Gasteiger partial charge in [-0.3, -0.25) is 4.90 Å². The minimum atomic E-state index is 0. The van der Waals surface area contributed by atoms with Crippen molar-refractivity contribution in [2.24, 2.45) is 0 Å². The number of hydrogen-bond acceptors (Lipinski definition) is 2. The largest absolute Gasteiger partial charge is 0.314 e. The zero-order chi connectivity index (χ0) is 15.6. The molecule has 0 unspecified atom stereocenters. The summed E-state index contributed by atoms with van der Waals surface area (Å²) in [6.45, 7) is 19.8. The number of halogens is 2. The van der Waals surface area contributed by atoms with Crippen LogP contribution in [0.5, 0.6) is 0 Å². The SMILES string of the molecule is C=CC[C@@H](c1c(C)c(C)c(C)c(C)c1C)N1CCNCC1.Cl.Cl. The van der Waals surface area contributed by atoms with Crippen LogP contribution < -0.4 is 5.32 Å². The van der Waals surface area contributed by atoms with Crippen molar-refractivity contribution in [2.45, 2.75) is 47.1 Å². The molecule has 1 saturated heterocycles. The zero-order valence-electron chi connectivity index (χ0n) is 15.2. The van der Waals surface area contributed by atoms with Crippen molar-refractivity contribution in [1.29, 1.82) is 0 Å². The predicted molar refractivity (Wildman–Crippen MR) is 107 cm³/mol. The van der Waals surface area contributed by atoms with Gasteiger partial charge in [0.05, 0.1) is 0 Å². The third kappa shape index (κ3) is 4.51. The lowest BCUT2D eigenvalue weighted by atomic mass is 9.84. The maximum atomic E-state index is 4.00. The summed E-state index contributed by atoms with van der Waals surface area (Å²) in [6.07, 6.45) is 3.11. The van der Waals surface area contributed by atoms with Crippen LogP contribution in [0.3, 0.4) is 0 Å². The molecule has 1 heterocycles. The van der Waals surface area contributed by atoms with Crippen molar-refractivity contribution in [3.05, 3.63) is 46.0 Å². The van der Waals surface area contributed by atoms with Gasteiger partial charge in [0.15, 0.2) is 0 Å². The van der Waals surface area contributed by atoms with Crippen LogP contribution in [0.4, 0.5) is 0 Å². The maximum absolute atomic E-state index is 4.00. The monoisotopic (exact) mass is 358 g/mol. The van der Waals surface area contributed by atoms with Crippen LogP contribution in [0.2, 0.25) is 0 Å². The van der Waals surface area contributed by atoms with Gasteiger partial charge in [-0.25, -0.2) is 0 Å². The highest BCUT2D eigenvalue weighted by molar-refractivity contribution is 5.85. The fourth-order valence-corrected chi connectivity index (χ4v) is 3.63. The first-order chi connectivity index (χ1) is 9.99. The zero-order valence-corrected chi connectivity index (χ0v) is 16.8. The van der Waals surface area contributed by atoms with Gasteiger partial charge >= 0.3 is 0 Å². The molecule has 1 atom stereocenters. The first kappa shape index (κ1) is 22.5. The van der Waals surface area contributed by atoms with Crippen LogP contribution in [0.25, 0.3) is 0 Å². The minimum absolute atomic E-state index is 0. The molecule has 0 aliphatic carbocycles. The molecule has 0 saturated carbocycles. The van der Waals surface area contributed by atoms with Crippen LogP contribution in [0.15, 0.2) is 12.7 Å². The molecule has 2 rings (SSSR count). The van der Waals surface area contributed by atoms with E-state index in [0.717, 1.165) is 32.6 Å². The van der Waals surface area contributed by atoms with Crippen LogP contribution in [-0.4, -0.2) is 31.1 Å². The Morgan fingerprint density at radius 2 is 1.35 bits per heavy atom. The van der Waals surface area contributed by atoms with Crippen LogP contribution >= 0.6 is 24.8 Å². The molecule has 1 aliphatic rings. The molecule has 1 fully saturated rings. The van der Waals surface area contributed by atoms with E-state index in [-0.39, 0.29) is 24.8 Å². The molecule has 23 heavy (non-hydrogen) atoms. The summed E-state index contributed by atoms with van der Waals surface area (Å²) in [5.41, 5.74) is 8.85. The average Bonchev–Trinajstić information content (AvgIpc) is 2.51. The molecule has 2 nitrogen and oxygen atoms in total. The van der Waals surface area contributed by atoms with E-state index in [1.807, 2.05) is 0 Å². The smallest absolute Gasteiger partial charge is 0.0388 e. The Morgan fingerprint density at radius 3 is 1.78 bits per heavy atom. The number of benzene rings is 1. The van der Waals surface area contributed by atoms with Gasteiger partial charge in [-0.15, -0.1) is 31.4 Å². The molecule has 132 valence electrons. The van der Waals surface area contributed by atoms with Gasteiger partial charge in [-0.2, -0.15) is 0 Å². The molecular formula is C19H32Cl2N2. The quantitative estimate of drug-likeness (QED) is 0.791. The minimum Gasteiger partial charge on any atom is -0.314 e. The van der Waals surface area contributed by atoms with Gasteiger partial charge in [0.25, 0.3) is 0 Å². The summed E-state index contributed by atoms with van der Waals surface area (Å²) < 4.78 is 0. The Bertz CT molecular complexity index is 506. The second-order valence-corrected chi connectivity index (χ2v) is 6.36. The Kier molecular flexibility index (Phi) is 9.46. The Balaban J connectivity index is 0.00000242. The third-order valence-electron chi connectivity index (χ3n) is 5.37. The second kappa shape index (κ2) is 9.68. The summed E-state index contributed by atoms with van der Waals surface area (Å²) in [6, 6.07) is 0.475. The maximum Gasteiger partial charge on any atom is 0.0388 e. The number of rotatable bonds is 4. The number of nitrogens with one attached hydrogen (secondary N) is 1. The molecular weight excluding hydrogens is 327 g/mol. The fraction of sp³-hybridized carbons (Fsp3) is 0.579. The normalized spacial score (nSPS) is 16.2. The van der Waals surface area contributed by atoms with E-state index < -0.39 is 0 Å². The molecule has 1 aromatic rings. The molecule has 1 aromatic carbocycles. The van der Waals surface area contributed by atoms with E-state index in [1.165, 1.54) is 33.4 Å². The second-order valence-electron chi connectivity index (χ2n) is 6.36. The van der Waals surface area contributed by atoms with Gasteiger partial charge in [0.1, 0.15) is 0 Å². The lowest BCUT2D eigenvalue weighted by Gasteiger charge is -2.37. The first-order valence-electron chi connectivity index (χ1n) is 8.11. The van der Waals surface area contributed by atoms with E-state index in [0.29, 0.717) is 6.04 Å². The van der Waals surface area contributed by atoms with E-state index >= 15 is 0 Å². The number of piperazine rings is 1. The highest BCUT2D eigenvalue weighted by Crippen LogP contribution is 2.35. The van der Waals surface area contributed by atoms with Gasteiger partial charge in [0.2, 0.25) is 0 Å². The van der Waals surface area contributed by atoms with Gasteiger partial charge in [-0.05, 0) is 74.4 Å². The van der Waals surface area contributed by atoms with Crippen molar-refractivity contribution < 1.29 is 0 Å². The number of hydrogen-bond donors (Lipinski definition) is 1. The van der Waals surface area contributed by atoms with Crippen molar-refractivity contribution >= 4 is 24.8 Å². The highest BCUT2D eigenvalue weighted by Gasteiger charge is 2.25. The Hall–Kier alpha value is -0.540. The van der Waals surface area contributed by atoms with E-state index in [9.17, 15) is 0 Å². The van der Waals surface area contributed by atoms with Gasteiger partial charge in [0, 0.05) is 32.2 Å². The molecule has 0 bridgehead atoms. The summed E-state index contributed by atoms with van der Waals surface area (Å²) in [5, 5.41) is 3.46. The van der Waals surface area contributed by atoms with Crippen LogP contribution in [-0.2, 0) is 0 Å². The van der Waals surface area contributed by atoms with Gasteiger partial charge in [-0.1, -0.05) is 6.08 Å². The highest BCUT2D eigenvalue weighted by atomic mass is 35.5. The number of nitrogens with zero attached hydrogens (tertiary/aromatic N) is 1. The van der Waals surface area contributed by atoms with Crippen LogP contribution in [0, 0.1) is 34.6 Å². The first-order valence-corrected chi connectivity index (χ1v) is 8.11. The van der Waals surface area contributed by atoms with Crippen molar-refractivity contribution in [1.82, 2.24) is 10.2 Å². The lowest BCUT2D eigenvalue weighted by molar-refractivity contribution is 0.173. The van der Waals surface area contributed by atoms with Crippen molar-refractivity contribution in [3.63, 3.8) is 0 Å². The summed E-state index contributed by atoms with van der Waals surface area (Å²) in [4.78, 5) is 2.63. The molecule has 0 aromatic heterocycles. The van der Waals surface area contributed by atoms with E-state index in [1.54, 1.807) is 0 Å². The molecule has 1 N–H and O–H groups in total. The van der Waals surface area contributed by atoms with Crippen molar-refractivity contribution in [3.8, 4) is 0 Å². The van der Waals surface area contributed by atoms with E-state index in [2.05, 4.69) is 57.5 Å². The molecule has 0 spiro atoms. The summed E-state index contributed by atoms with van der Waals surface area (Å²) in [5.74, 6) is 0. The predicted octanol–water partition coefficient (Wildman–Crippen LogP) is 4.59. The summed E-state index contributed by atoms with van der Waals surface area (Å²) >= 11 is 0. The topological polar surface area (TPSA) is 15.3 Å². The van der Waals surface area contributed by atoms with E-state index in [4.69, 9.17) is 0 Å². The Morgan fingerprint density at radius 1 is 0.913 bits per heavy atom. The summed E-state index contributed by atoms with van der Waals surface area (Å²) in [7, 11) is 0. The van der Waals surface area contributed by atoms with Crippen LogP contribution in [0.1, 0.15) is 45.8 Å². The molecule has 1 aliphatic heterocycles.